The molecule has 4 N–H and O–H groups in total. The van der Waals surface area contributed by atoms with Gasteiger partial charge in [-0.1, -0.05) is 103 Å². The maximum atomic E-state index is 13.8. The molecule has 1 aromatic rings. The van der Waals surface area contributed by atoms with Gasteiger partial charge in [0.2, 0.25) is 11.8 Å². The predicted molar refractivity (Wildman–Crippen MR) is 166 cm³/mol. The van der Waals surface area contributed by atoms with Crippen molar-refractivity contribution in [2.24, 2.45) is 23.7 Å². The quantitative estimate of drug-likeness (QED) is 0.213. The lowest BCUT2D eigenvalue weighted by Crippen LogP contribution is -2.56. The van der Waals surface area contributed by atoms with E-state index >= 15 is 0 Å². The molecule has 8 heteroatoms. The third kappa shape index (κ3) is 11.8. The van der Waals surface area contributed by atoms with Crippen molar-refractivity contribution < 1.29 is 24.0 Å². The standard InChI is InChI=1S/C33H54N2O5S/c1-22(2)17-30(36)31(37)28(19-25-13-9-6-10-14-25)34-33(39)29(20-26-15-16-26)35-32(38)27(21-41(40)23(3)4)18-24-11-7-5-8-12-24/h5,7-8,11-12,22-23,25-31,36-37H,6,9-10,13-21H2,1-4H3,(H,34,39)(H,35,38)/t27-,28+,29+,30+,31-,41?/m1/s1. The highest BCUT2D eigenvalue weighted by molar-refractivity contribution is 7.85. The molecule has 0 aromatic heterocycles. The first-order valence-corrected chi connectivity index (χ1v) is 17.3. The molecule has 1 aromatic carbocycles. The van der Waals surface area contributed by atoms with Gasteiger partial charge in [-0.2, -0.15) is 0 Å². The first-order chi connectivity index (χ1) is 19.5. The number of nitrogens with one attached hydrogen (secondary N) is 2. The van der Waals surface area contributed by atoms with Crippen LogP contribution in [-0.2, 0) is 26.8 Å². The lowest BCUT2D eigenvalue weighted by atomic mass is 9.82. The Bertz CT molecular complexity index is 962. The molecule has 2 aliphatic rings. The van der Waals surface area contributed by atoms with Gasteiger partial charge < -0.3 is 20.8 Å². The molecule has 0 heterocycles. The second-order valence-corrected chi connectivity index (χ2v) is 15.3. The van der Waals surface area contributed by atoms with Crippen LogP contribution in [0, 0.1) is 23.7 Å². The fourth-order valence-corrected chi connectivity index (χ4v) is 7.01. The lowest BCUT2D eigenvalue weighted by Gasteiger charge is -2.34. The normalized spacial score (nSPS) is 20.7. The summed E-state index contributed by atoms with van der Waals surface area (Å²) in [5.74, 6) is 0.153. The molecule has 0 spiro atoms. The zero-order valence-corrected chi connectivity index (χ0v) is 26.4. The monoisotopic (exact) mass is 590 g/mol. The van der Waals surface area contributed by atoms with Gasteiger partial charge in [-0.15, -0.1) is 0 Å². The first-order valence-electron chi connectivity index (χ1n) is 15.9. The SMILES string of the molecule is CC(C)C[C@H](O)[C@H](O)[C@H](CC1CCCCC1)NC(=O)[C@H](CC1CC1)NC(=O)[C@H](Cc1ccccc1)CS(=O)C(C)C. The zero-order valence-electron chi connectivity index (χ0n) is 25.6. The van der Waals surface area contributed by atoms with Crippen LogP contribution in [0.1, 0.15) is 97.5 Å². The van der Waals surface area contributed by atoms with Crippen LogP contribution in [0.2, 0.25) is 0 Å². The third-order valence-electron chi connectivity index (χ3n) is 8.64. The molecule has 0 radical (unpaired) electrons. The highest BCUT2D eigenvalue weighted by atomic mass is 32.2. The molecule has 2 fully saturated rings. The number of hydrogen-bond acceptors (Lipinski definition) is 5. The Balaban J connectivity index is 1.75. The maximum Gasteiger partial charge on any atom is 0.242 e. The molecule has 0 bridgehead atoms. The predicted octanol–water partition coefficient (Wildman–Crippen LogP) is 4.51. The van der Waals surface area contributed by atoms with Crippen LogP contribution in [0.4, 0.5) is 0 Å². The van der Waals surface area contributed by atoms with Crippen molar-refractivity contribution >= 4 is 22.6 Å². The van der Waals surface area contributed by atoms with E-state index in [4.69, 9.17) is 0 Å². The van der Waals surface area contributed by atoms with Gasteiger partial charge in [-0.25, -0.2) is 0 Å². The average molecular weight is 591 g/mol. The molecule has 232 valence electrons. The van der Waals surface area contributed by atoms with Gasteiger partial charge in [0.25, 0.3) is 0 Å². The Kier molecular flexibility index (Phi) is 13.8. The van der Waals surface area contributed by atoms with Gasteiger partial charge in [-0.3, -0.25) is 13.8 Å². The molecule has 3 rings (SSSR count). The number of carbonyl (C=O) groups is 2. The van der Waals surface area contributed by atoms with E-state index in [1.54, 1.807) is 0 Å². The summed E-state index contributed by atoms with van der Waals surface area (Å²) < 4.78 is 12.8. The summed E-state index contributed by atoms with van der Waals surface area (Å²) in [6.45, 7) is 7.79. The van der Waals surface area contributed by atoms with E-state index < -0.39 is 41.0 Å². The van der Waals surface area contributed by atoms with Crippen LogP contribution in [0.5, 0.6) is 0 Å². The number of aliphatic hydroxyl groups is 2. The fourth-order valence-electron chi connectivity index (χ4n) is 5.96. The van der Waals surface area contributed by atoms with Crippen molar-refractivity contribution in [3.05, 3.63) is 35.9 Å². The summed E-state index contributed by atoms with van der Waals surface area (Å²) in [4.78, 5) is 27.4. The molecule has 2 amide bonds. The highest BCUT2D eigenvalue weighted by Crippen LogP contribution is 2.34. The van der Waals surface area contributed by atoms with Crippen molar-refractivity contribution in [3.63, 3.8) is 0 Å². The van der Waals surface area contributed by atoms with Crippen LogP contribution in [0.15, 0.2) is 30.3 Å². The number of hydrogen-bond donors (Lipinski definition) is 4. The summed E-state index contributed by atoms with van der Waals surface area (Å²) in [7, 11) is -1.17. The van der Waals surface area contributed by atoms with Crippen LogP contribution in [0.25, 0.3) is 0 Å². The van der Waals surface area contributed by atoms with Crippen molar-refractivity contribution in [2.45, 2.75) is 128 Å². The van der Waals surface area contributed by atoms with Crippen molar-refractivity contribution in [2.75, 3.05) is 5.75 Å². The summed E-state index contributed by atoms with van der Waals surface area (Å²) in [6, 6.07) is 8.41. The molecule has 6 atom stereocenters. The molecule has 41 heavy (non-hydrogen) atoms. The largest absolute Gasteiger partial charge is 0.390 e. The minimum Gasteiger partial charge on any atom is -0.390 e. The number of benzene rings is 1. The Labute approximate surface area is 250 Å². The summed E-state index contributed by atoms with van der Waals surface area (Å²) in [5.41, 5.74) is 0.992. The Hall–Kier alpha value is -1.77. The second-order valence-electron chi connectivity index (χ2n) is 13.3. The number of amides is 2. The van der Waals surface area contributed by atoms with Crippen LogP contribution < -0.4 is 10.6 Å². The molecular formula is C33H54N2O5S. The second kappa shape index (κ2) is 16.8. The number of aliphatic hydroxyl groups excluding tert-OH is 2. The zero-order chi connectivity index (χ0) is 29.9. The minimum absolute atomic E-state index is 0.0640. The Morgan fingerprint density at radius 3 is 2.10 bits per heavy atom. The highest BCUT2D eigenvalue weighted by Gasteiger charge is 2.36. The van der Waals surface area contributed by atoms with E-state index in [1.165, 1.54) is 6.42 Å². The lowest BCUT2D eigenvalue weighted by molar-refractivity contribution is -0.132. The van der Waals surface area contributed by atoms with E-state index in [2.05, 4.69) is 10.6 Å². The molecule has 2 saturated carbocycles. The van der Waals surface area contributed by atoms with Crippen LogP contribution in [-0.4, -0.2) is 61.5 Å². The smallest absolute Gasteiger partial charge is 0.242 e. The molecule has 0 saturated heterocycles. The van der Waals surface area contributed by atoms with E-state index in [-0.39, 0.29) is 28.7 Å². The first kappa shape index (κ1) is 33.7. The van der Waals surface area contributed by atoms with Crippen molar-refractivity contribution in [1.29, 1.82) is 0 Å². The molecule has 1 unspecified atom stereocenters. The minimum atomic E-state index is -1.17. The summed E-state index contributed by atoms with van der Waals surface area (Å²) in [6.07, 6.45) is 7.78. The molecular weight excluding hydrogens is 536 g/mol. The number of rotatable bonds is 17. The Morgan fingerprint density at radius 1 is 0.878 bits per heavy atom. The van der Waals surface area contributed by atoms with E-state index in [1.807, 2.05) is 58.0 Å². The summed E-state index contributed by atoms with van der Waals surface area (Å²) in [5, 5.41) is 28.0. The van der Waals surface area contributed by atoms with Gasteiger partial charge >= 0.3 is 0 Å². The van der Waals surface area contributed by atoms with E-state index in [9.17, 15) is 24.0 Å². The van der Waals surface area contributed by atoms with Gasteiger partial charge in [0.05, 0.1) is 18.1 Å². The molecule has 0 aliphatic heterocycles. The molecule has 7 nitrogen and oxygen atoms in total. The van der Waals surface area contributed by atoms with Gasteiger partial charge in [0.1, 0.15) is 12.1 Å². The van der Waals surface area contributed by atoms with Gasteiger partial charge in [-0.05, 0) is 49.0 Å². The van der Waals surface area contributed by atoms with E-state index in [0.717, 1.165) is 44.1 Å². The van der Waals surface area contributed by atoms with E-state index in [0.29, 0.717) is 37.5 Å². The van der Waals surface area contributed by atoms with Crippen molar-refractivity contribution in [3.8, 4) is 0 Å². The maximum absolute atomic E-state index is 13.8. The van der Waals surface area contributed by atoms with Crippen molar-refractivity contribution in [1.82, 2.24) is 10.6 Å². The van der Waals surface area contributed by atoms with Crippen LogP contribution >= 0.6 is 0 Å². The van der Waals surface area contributed by atoms with Crippen LogP contribution in [0.3, 0.4) is 0 Å². The van der Waals surface area contributed by atoms with Gasteiger partial charge in [0.15, 0.2) is 0 Å². The summed E-state index contributed by atoms with van der Waals surface area (Å²) >= 11 is 0. The topological polar surface area (TPSA) is 116 Å². The fraction of sp³-hybridized carbons (Fsp3) is 0.758. The molecule has 2 aliphatic carbocycles. The number of carbonyl (C=O) groups excluding carboxylic acids is 2. The van der Waals surface area contributed by atoms with Gasteiger partial charge in [0, 0.05) is 21.8 Å². The third-order valence-corrected chi connectivity index (χ3v) is 10.4. The Morgan fingerprint density at radius 2 is 1.51 bits per heavy atom. The average Bonchev–Trinajstić information content (AvgIpc) is 3.76.